The maximum Gasteiger partial charge on any atom is 0.343 e. The summed E-state index contributed by atoms with van der Waals surface area (Å²) in [7, 11) is 1.11. The van der Waals surface area contributed by atoms with E-state index < -0.39 is 32.8 Å². The Morgan fingerprint density at radius 3 is 2.70 bits per heavy atom. The summed E-state index contributed by atoms with van der Waals surface area (Å²) >= 11 is 5.72. The molecule has 1 aromatic carbocycles. The number of nitro groups is 1. The molecule has 1 heterocycles. The Bertz CT molecular complexity index is 920. The molecule has 120 valence electrons. The van der Waals surface area contributed by atoms with E-state index in [4.69, 9.17) is 11.6 Å². The van der Waals surface area contributed by atoms with Crippen LogP contribution in [0, 0.1) is 15.9 Å². The Balaban J connectivity index is 2.52. The number of ether oxygens (including phenoxy) is 1. The van der Waals surface area contributed by atoms with E-state index in [9.17, 15) is 24.1 Å². The van der Waals surface area contributed by atoms with E-state index in [-0.39, 0.29) is 22.5 Å². The molecule has 0 radical (unpaired) electrons. The molecule has 1 fully saturated rings. The second-order valence-corrected chi connectivity index (χ2v) is 5.55. The Morgan fingerprint density at radius 1 is 1.52 bits per heavy atom. The normalized spacial score (nSPS) is 14.0. The van der Waals surface area contributed by atoms with Crippen LogP contribution in [0.4, 0.5) is 10.1 Å². The van der Waals surface area contributed by atoms with Crippen LogP contribution < -0.4 is 5.43 Å². The molecule has 23 heavy (non-hydrogen) atoms. The SMILES string of the molecule is COC(=O)c1cn(C2CC2)c2c([N+](=O)[O-])c(Cl)c(F)cc2c1=O. The molecule has 0 spiro atoms. The maximum absolute atomic E-state index is 13.9. The van der Waals surface area contributed by atoms with Gasteiger partial charge in [-0.3, -0.25) is 14.9 Å². The maximum atomic E-state index is 13.9. The Morgan fingerprint density at radius 2 is 2.17 bits per heavy atom. The molecule has 0 atom stereocenters. The highest BCUT2D eigenvalue weighted by Gasteiger charge is 2.33. The van der Waals surface area contributed by atoms with Crippen LogP contribution in [0.5, 0.6) is 0 Å². The lowest BCUT2D eigenvalue weighted by molar-refractivity contribution is -0.383. The highest BCUT2D eigenvalue weighted by atomic mass is 35.5. The van der Waals surface area contributed by atoms with Crippen molar-refractivity contribution < 1.29 is 18.8 Å². The highest BCUT2D eigenvalue weighted by molar-refractivity contribution is 6.34. The number of pyridine rings is 1. The predicted octanol–water partition coefficient (Wildman–Crippen LogP) is 2.82. The summed E-state index contributed by atoms with van der Waals surface area (Å²) in [4.78, 5) is 34.7. The van der Waals surface area contributed by atoms with E-state index in [1.54, 1.807) is 0 Å². The van der Waals surface area contributed by atoms with Crippen molar-refractivity contribution in [1.82, 2.24) is 4.57 Å². The second kappa shape index (κ2) is 5.31. The number of fused-ring (bicyclic) bond motifs is 1. The standard InChI is InChI=1S/C14H10ClFN2O5/c1-23-14(20)8-5-17(6-2-3-6)11-7(13(8)19)4-9(16)10(15)12(11)18(21)22/h4-6H,2-3H2,1H3. The van der Waals surface area contributed by atoms with Gasteiger partial charge in [0.2, 0.25) is 5.43 Å². The first-order chi connectivity index (χ1) is 10.9. The number of aromatic nitrogens is 1. The van der Waals surface area contributed by atoms with Crippen LogP contribution in [0.2, 0.25) is 5.02 Å². The number of carbonyl (C=O) groups is 1. The van der Waals surface area contributed by atoms with Crippen LogP contribution in [0.1, 0.15) is 29.2 Å². The molecule has 0 bridgehead atoms. The van der Waals surface area contributed by atoms with Crippen LogP contribution in [0.3, 0.4) is 0 Å². The summed E-state index contributed by atoms with van der Waals surface area (Å²) in [6, 6.07) is 0.708. The number of esters is 1. The smallest absolute Gasteiger partial charge is 0.343 e. The van der Waals surface area contributed by atoms with Crippen LogP contribution >= 0.6 is 11.6 Å². The Kier molecular flexibility index (Phi) is 3.56. The van der Waals surface area contributed by atoms with Gasteiger partial charge in [-0.1, -0.05) is 11.6 Å². The summed E-state index contributed by atoms with van der Waals surface area (Å²) < 4.78 is 19.9. The third kappa shape index (κ3) is 2.35. The van der Waals surface area contributed by atoms with Gasteiger partial charge in [0, 0.05) is 12.2 Å². The van der Waals surface area contributed by atoms with Crippen molar-refractivity contribution in [2.24, 2.45) is 0 Å². The highest BCUT2D eigenvalue weighted by Crippen LogP contribution is 2.41. The lowest BCUT2D eigenvalue weighted by Gasteiger charge is -2.13. The minimum Gasteiger partial charge on any atom is -0.465 e. The molecule has 0 unspecified atom stereocenters. The number of carbonyl (C=O) groups excluding carboxylic acids is 1. The van der Waals surface area contributed by atoms with Crippen molar-refractivity contribution in [3.05, 3.63) is 49.0 Å². The summed E-state index contributed by atoms with van der Waals surface area (Å²) in [6.45, 7) is 0. The fourth-order valence-electron chi connectivity index (χ4n) is 2.51. The minimum absolute atomic E-state index is 0.0819. The number of hydrogen-bond donors (Lipinski definition) is 0. The van der Waals surface area contributed by atoms with Crippen molar-refractivity contribution >= 4 is 34.2 Å². The molecular formula is C14H10ClFN2O5. The summed E-state index contributed by atoms with van der Waals surface area (Å²) in [5.74, 6) is -1.98. The summed E-state index contributed by atoms with van der Waals surface area (Å²) in [5, 5.41) is 10.4. The van der Waals surface area contributed by atoms with Gasteiger partial charge in [0.25, 0.3) is 0 Å². The third-order valence-corrected chi connectivity index (χ3v) is 4.07. The largest absolute Gasteiger partial charge is 0.465 e. The first-order valence-corrected chi connectivity index (χ1v) is 7.04. The first kappa shape index (κ1) is 15.4. The number of nitrogens with zero attached hydrogens (tertiary/aromatic N) is 2. The van der Waals surface area contributed by atoms with Gasteiger partial charge < -0.3 is 9.30 Å². The lowest BCUT2D eigenvalue weighted by Crippen LogP contribution is -2.20. The molecule has 0 saturated heterocycles. The van der Waals surface area contributed by atoms with E-state index in [1.807, 2.05) is 0 Å². The van der Waals surface area contributed by atoms with E-state index in [1.165, 1.54) is 10.8 Å². The van der Waals surface area contributed by atoms with E-state index in [2.05, 4.69) is 4.74 Å². The minimum atomic E-state index is -1.09. The van der Waals surface area contributed by atoms with Gasteiger partial charge in [0.15, 0.2) is 5.02 Å². The van der Waals surface area contributed by atoms with Crippen LogP contribution in [0.25, 0.3) is 10.9 Å². The molecule has 3 rings (SSSR count). The molecule has 1 saturated carbocycles. The summed E-state index contributed by atoms with van der Waals surface area (Å²) in [6.07, 6.45) is 2.67. The average molecular weight is 341 g/mol. The zero-order valence-corrected chi connectivity index (χ0v) is 12.6. The fourth-order valence-corrected chi connectivity index (χ4v) is 2.72. The number of hydrogen-bond acceptors (Lipinski definition) is 5. The predicted molar refractivity (Wildman–Crippen MR) is 79.4 cm³/mol. The van der Waals surface area contributed by atoms with Crippen molar-refractivity contribution in [2.45, 2.75) is 18.9 Å². The molecule has 7 nitrogen and oxygen atoms in total. The third-order valence-electron chi connectivity index (χ3n) is 3.71. The quantitative estimate of drug-likeness (QED) is 0.486. The summed E-state index contributed by atoms with van der Waals surface area (Å²) in [5.41, 5.74) is -1.89. The van der Waals surface area contributed by atoms with E-state index in [0.29, 0.717) is 0 Å². The number of rotatable bonds is 3. The molecule has 0 N–H and O–H groups in total. The number of benzene rings is 1. The van der Waals surface area contributed by atoms with Gasteiger partial charge in [-0.2, -0.15) is 0 Å². The molecule has 9 heteroatoms. The topological polar surface area (TPSA) is 91.4 Å². The Hall–Kier alpha value is -2.48. The molecular weight excluding hydrogens is 331 g/mol. The van der Waals surface area contributed by atoms with Gasteiger partial charge in [-0.25, -0.2) is 9.18 Å². The Labute approximate surface area is 133 Å². The van der Waals surface area contributed by atoms with E-state index >= 15 is 0 Å². The van der Waals surface area contributed by atoms with Crippen LogP contribution in [0.15, 0.2) is 17.1 Å². The molecule has 0 aliphatic heterocycles. The lowest BCUT2D eigenvalue weighted by atomic mass is 10.1. The zero-order chi connectivity index (χ0) is 16.9. The molecule has 1 aromatic heterocycles. The number of methoxy groups -OCH3 is 1. The van der Waals surface area contributed by atoms with Crippen molar-refractivity contribution in [1.29, 1.82) is 0 Å². The van der Waals surface area contributed by atoms with Gasteiger partial charge in [-0.15, -0.1) is 0 Å². The van der Waals surface area contributed by atoms with Crippen molar-refractivity contribution in [2.75, 3.05) is 7.11 Å². The number of halogens is 2. The fraction of sp³-hybridized carbons (Fsp3) is 0.286. The molecule has 1 aliphatic carbocycles. The zero-order valence-electron chi connectivity index (χ0n) is 11.8. The van der Waals surface area contributed by atoms with Crippen molar-refractivity contribution in [3.8, 4) is 0 Å². The average Bonchev–Trinajstić information content (AvgIpc) is 3.33. The molecule has 1 aliphatic rings. The van der Waals surface area contributed by atoms with Crippen LogP contribution in [-0.2, 0) is 4.74 Å². The van der Waals surface area contributed by atoms with Gasteiger partial charge >= 0.3 is 11.7 Å². The van der Waals surface area contributed by atoms with Gasteiger partial charge in [0.1, 0.15) is 16.9 Å². The monoisotopic (exact) mass is 340 g/mol. The molecule has 2 aromatic rings. The van der Waals surface area contributed by atoms with Gasteiger partial charge in [-0.05, 0) is 18.9 Å². The number of nitro benzene ring substituents is 1. The first-order valence-electron chi connectivity index (χ1n) is 6.66. The second-order valence-electron chi connectivity index (χ2n) is 5.18. The van der Waals surface area contributed by atoms with Crippen LogP contribution in [-0.4, -0.2) is 22.6 Å². The molecule has 0 amide bonds. The van der Waals surface area contributed by atoms with E-state index in [0.717, 1.165) is 26.0 Å². The van der Waals surface area contributed by atoms with Gasteiger partial charge in [0.05, 0.1) is 17.4 Å². The van der Waals surface area contributed by atoms with Crippen molar-refractivity contribution in [3.63, 3.8) is 0 Å².